The van der Waals surface area contributed by atoms with E-state index in [-0.39, 0.29) is 29.9 Å². The molecule has 0 amide bonds. The fraction of sp³-hybridized carbons (Fsp3) is 0.350. The van der Waals surface area contributed by atoms with Crippen LogP contribution in [0.4, 0.5) is 16.3 Å². The number of nitrogens with two attached hydrogens (primary N) is 1. The van der Waals surface area contributed by atoms with E-state index in [1.54, 1.807) is 35.8 Å². The van der Waals surface area contributed by atoms with Crippen molar-refractivity contribution in [2.24, 2.45) is 0 Å². The first-order valence-electron chi connectivity index (χ1n) is 9.64. The SMILES string of the molecule is CN(C)c1nc(N)nc(COC(=O)c2nn(-c3ccc(F)cc3)c3c2CCCC3)n1. The quantitative estimate of drug-likeness (QED) is 0.635. The van der Waals surface area contributed by atoms with Gasteiger partial charge in [-0.15, -0.1) is 0 Å². The molecule has 0 radical (unpaired) electrons. The van der Waals surface area contributed by atoms with E-state index in [4.69, 9.17) is 10.5 Å². The number of aromatic nitrogens is 5. The summed E-state index contributed by atoms with van der Waals surface area (Å²) in [6, 6.07) is 6.03. The van der Waals surface area contributed by atoms with Crippen molar-refractivity contribution in [3.63, 3.8) is 0 Å². The van der Waals surface area contributed by atoms with E-state index in [0.29, 0.717) is 11.6 Å². The maximum Gasteiger partial charge on any atom is 0.359 e. The third kappa shape index (κ3) is 3.93. The predicted octanol–water partition coefficient (Wildman–Crippen LogP) is 2.08. The number of benzene rings is 1. The molecule has 0 unspecified atom stereocenters. The molecule has 4 rings (SSSR count). The van der Waals surface area contributed by atoms with E-state index in [2.05, 4.69) is 20.1 Å². The summed E-state index contributed by atoms with van der Waals surface area (Å²) in [5.41, 5.74) is 8.52. The summed E-state index contributed by atoms with van der Waals surface area (Å²) >= 11 is 0. The summed E-state index contributed by atoms with van der Waals surface area (Å²) in [4.78, 5) is 26.8. The average Bonchev–Trinajstić information content (AvgIpc) is 3.12. The molecule has 0 spiro atoms. The Balaban J connectivity index is 1.59. The van der Waals surface area contributed by atoms with Crippen LogP contribution in [0.1, 0.15) is 40.4 Å². The van der Waals surface area contributed by atoms with Gasteiger partial charge in [0.25, 0.3) is 0 Å². The van der Waals surface area contributed by atoms with Crippen LogP contribution < -0.4 is 10.6 Å². The summed E-state index contributed by atoms with van der Waals surface area (Å²) in [5.74, 6) is -0.192. The summed E-state index contributed by atoms with van der Waals surface area (Å²) in [6.07, 6.45) is 3.51. The summed E-state index contributed by atoms with van der Waals surface area (Å²) in [6.45, 7) is -0.148. The van der Waals surface area contributed by atoms with E-state index >= 15 is 0 Å². The number of halogens is 1. The Morgan fingerprint density at radius 3 is 2.63 bits per heavy atom. The van der Waals surface area contributed by atoms with Crippen LogP contribution in [0.15, 0.2) is 24.3 Å². The van der Waals surface area contributed by atoms with Gasteiger partial charge in [-0.3, -0.25) is 0 Å². The number of fused-ring (bicyclic) bond motifs is 1. The fourth-order valence-corrected chi connectivity index (χ4v) is 3.45. The zero-order chi connectivity index (χ0) is 21.3. The fourth-order valence-electron chi connectivity index (χ4n) is 3.45. The van der Waals surface area contributed by atoms with Crippen LogP contribution in [-0.4, -0.2) is 44.8 Å². The maximum absolute atomic E-state index is 13.3. The van der Waals surface area contributed by atoms with Crippen LogP contribution >= 0.6 is 0 Å². The van der Waals surface area contributed by atoms with E-state index in [1.807, 2.05) is 0 Å². The molecule has 1 aromatic carbocycles. The van der Waals surface area contributed by atoms with Crippen LogP contribution in [0.25, 0.3) is 5.69 Å². The van der Waals surface area contributed by atoms with Crippen LogP contribution in [-0.2, 0) is 24.2 Å². The standard InChI is InChI=1S/C20H22FN7O2/c1-27(2)20-24-16(23-19(22)25-20)11-30-18(29)17-14-5-3-4-6-15(14)28(26-17)13-9-7-12(21)8-10-13/h7-10H,3-6,11H2,1-2H3,(H2,22,23,24,25). The number of ether oxygens (including phenoxy) is 1. The number of nitrogen functional groups attached to an aromatic ring is 1. The molecule has 0 bridgehead atoms. The lowest BCUT2D eigenvalue weighted by Gasteiger charge is -2.14. The Kier molecular flexibility index (Phi) is 5.30. The van der Waals surface area contributed by atoms with E-state index < -0.39 is 5.97 Å². The number of anilines is 2. The van der Waals surface area contributed by atoms with Gasteiger partial charge in [-0.1, -0.05) is 0 Å². The molecule has 1 aliphatic rings. The normalized spacial score (nSPS) is 13.0. The van der Waals surface area contributed by atoms with Crippen LogP contribution in [0, 0.1) is 5.82 Å². The van der Waals surface area contributed by atoms with Gasteiger partial charge in [0.05, 0.1) is 5.69 Å². The Labute approximate surface area is 172 Å². The van der Waals surface area contributed by atoms with Gasteiger partial charge >= 0.3 is 5.97 Å². The number of carbonyl (C=O) groups is 1. The van der Waals surface area contributed by atoms with Crippen molar-refractivity contribution in [3.05, 3.63) is 52.9 Å². The minimum Gasteiger partial charge on any atom is -0.453 e. The van der Waals surface area contributed by atoms with Crippen molar-refractivity contribution in [3.8, 4) is 5.69 Å². The van der Waals surface area contributed by atoms with Crippen molar-refractivity contribution in [2.45, 2.75) is 32.3 Å². The first kappa shape index (κ1) is 19.7. The van der Waals surface area contributed by atoms with Crippen molar-refractivity contribution in [1.82, 2.24) is 24.7 Å². The van der Waals surface area contributed by atoms with Crippen LogP contribution in [0.5, 0.6) is 0 Å². The minimum atomic E-state index is -0.556. The van der Waals surface area contributed by atoms with Gasteiger partial charge in [0.2, 0.25) is 11.9 Å². The highest BCUT2D eigenvalue weighted by atomic mass is 19.1. The molecule has 9 nitrogen and oxygen atoms in total. The highest BCUT2D eigenvalue weighted by Gasteiger charge is 2.27. The van der Waals surface area contributed by atoms with Gasteiger partial charge in [0, 0.05) is 25.4 Å². The molecular weight excluding hydrogens is 389 g/mol. The smallest absolute Gasteiger partial charge is 0.359 e. The van der Waals surface area contributed by atoms with E-state index in [0.717, 1.165) is 36.9 Å². The van der Waals surface area contributed by atoms with E-state index in [1.165, 1.54) is 12.1 Å². The van der Waals surface area contributed by atoms with Crippen molar-refractivity contribution >= 4 is 17.9 Å². The summed E-state index contributed by atoms with van der Waals surface area (Å²) < 4.78 is 20.5. The second-order valence-corrected chi connectivity index (χ2v) is 7.25. The summed E-state index contributed by atoms with van der Waals surface area (Å²) in [5, 5.41) is 4.50. The van der Waals surface area contributed by atoms with Gasteiger partial charge in [-0.2, -0.15) is 20.1 Å². The molecule has 1 aliphatic carbocycles. The maximum atomic E-state index is 13.3. The Morgan fingerprint density at radius 2 is 1.90 bits per heavy atom. The molecule has 0 saturated carbocycles. The monoisotopic (exact) mass is 411 g/mol. The minimum absolute atomic E-state index is 0.0534. The Hall–Kier alpha value is -3.56. The molecule has 0 saturated heterocycles. The molecule has 30 heavy (non-hydrogen) atoms. The summed E-state index contributed by atoms with van der Waals surface area (Å²) in [7, 11) is 3.55. The molecule has 156 valence electrons. The molecule has 2 heterocycles. The highest BCUT2D eigenvalue weighted by molar-refractivity contribution is 5.89. The van der Waals surface area contributed by atoms with Gasteiger partial charge < -0.3 is 15.4 Å². The van der Waals surface area contributed by atoms with Gasteiger partial charge in [-0.25, -0.2) is 13.9 Å². The zero-order valence-electron chi connectivity index (χ0n) is 16.8. The third-order valence-corrected chi connectivity index (χ3v) is 4.86. The van der Waals surface area contributed by atoms with Crippen LogP contribution in [0.3, 0.4) is 0 Å². The second-order valence-electron chi connectivity index (χ2n) is 7.25. The van der Waals surface area contributed by atoms with E-state index in [9.17, 15) is 9.18 Å². The predicted molar refractivity (Wildman–Crippen MR) is 108 cm³/mol. The lowest BCUT2D eigenvalue weighted by Crippen LogP contribution is -2.17. The number of nitrogens with zero attached hydrogens (tertiary/aromatic N) is 6. The molecule has 0 atom stereocenters. The van der Waals surface area contributed by atoms with Crippen molar-refractivity contribution in [1.29, 1.82) is 0 Å². The first-order chi connectivity index (χ1) is 14.4. The second kappa shape index (κ2) is 8.05. The van der Waals surface area contributed by atoms with Crippen LogP contribution in [0.2, 0.25) is 0 Å². The number of rotatable bonds is 5. The number of esters is 1. The molecule has 0 fully saturated rings. The highest BCUT2D eigenvalue weighted by Crippen LogP contribution is 2.27. The molecule has 10 heteroatoms. The third-order valence-electron chi connectivity index (χ3n) is 4.86. The first-order valence-corrected chi connectivity index (χ1v) is 9.64. The van der Waals surface area contributed by atoms with Gasteiger partial charge in [0.1, 0.15) is 5.82 Å². The number of hydrogen-bond donors (Lipinski definition) is 1. The number of hydrogen-bond acceptors (Lipinski definition) is 8. The topological polar surface area (TPSA) is 112 Å². The molecule has 3 aromatic rings. The molecule has 0 aliphatic heterocycles. The lowest BCUT2D eigenvalue weighted by molar-refractivity contribution is 0.0453. The zero-order valence-corrected chi connectivity index (χ0v) is 16.8. The largest absolute Gasteiger partial charge is 0.453 e. The van der Waals surface area contributed by atoms with Gasteiger partial charge in [-0.05, 0) is 49.9 Å². The molecule has 2 aromatic heterocycles. The number of carbonyl (C=O) groups excluding carboxylic acids is 1. The average molecular weight is 411 g/mol. The van der Waals surface area contributed by atoms with Crippen molar-refractivity contribution < 1.29 is 13.9 Å². The molecule has 2 N–H and O–H groups in total. The van der Waals surface area contributed by atoms with Crippen molar-refractivity contribution in [2.75, 3.05) is 24.7 Å². The van der Waals surface area contributed by atoms with Gasteiger partial charge in [0.15, 0.2) is 18.1 Å². The lowest BCUT2D eigenvalue weighted by atomic mass is 9.95. The Bertz CT molecular complexity index is 1080. The Morgan fingerprint density at radius 1 is 1.17 bits per heavy atom. The molecular formula is C20H22FN7O2.